The molecule has 0 amide bonds. The molecule has 1 unspecified atom stereocenters. The molecule has 2 heterocycles. The second kappa shape index (κ2) is 11.0. The van der Waals surface area contributed by atoms with Crippen molar-refractivity contribution in [2.75, 3.05) is 19.6 Å². The normalized spacial score (nSPS) is 19.5. The highest BCUT2D eigenvalue weighted by Gasteiger charge is 2.45. The monoisotopic (exact) mass is 491 g/mol. The average Bonchev–Trinajstić information content (AvgIpc) is 3.32. The summed E-state index contributed by atoms with van der Waals surface area (Å²) in [6.07, 6.45) is 10.6. The lowest BCUT2D eigenvalue weighted by molar-refractivity contribution is -0.607. The van der Waals surface area contributed by atoms with E-state index in [0.29, 0.717) is 5.92 Å². The van der Waals surface area contributed by atoms with E-state index in [0.717, 1.165) is 31.4 Å². The van der Waals surface area contributed by atoms with Crippen molar-refractivity contribution in [3.8, 4) is 6.07 Å². The zero-order valence-electron chi connectivity index (χ0n) is 19.3. The SMILES string of the molecule is CC1(C)C(Cc2ccc(C#N)cc2)C(N2CCCC2)=CC=[N+]1CCCc1ccccc1.[Br-]. The Morgan fingerprint density at radius 1 is 1.00 bits per heavy atom. The number of hydrogen-bond donors (Lipinski definition) is 0. The molecule has 1 saturated heterocycles. The van der Waals surface area contributed by atoms with Crippen LogP contribution in [0.2, 0.25) is 0 Å². The lowest BCUT2D eigenvalue weighted by atomic mass is 9.77. The minimum absolute atomic E-state index is 0. The number of benzene rings is 2. The molecule has 4 heteroatoms. The van der Waals surface area contributed by atoms with Crippen molar-refractivity contribution in [1.29, 1.82) is 5.26 Å². The highest BCUT2D eigenvalue weighted by molar-refractivity contribution is 5.69. The van der Waals surface area contributed by atoms with Gasteiger partial charge in [-0.2, -0.15) is 5.26 Å². The van der Waals surface area contributed by atoms with Crippen LogP contribution in [0.1, 0.15) is 49.8 Å². The zero-order valence-corrected chi connectivity index (χ0v) is 20.9. The van der Waals surface area contributed by atoms with Crippen molar-refractivity contribution in [3.63, 3.8) is 0 Å². The van der Waals surface area contributed by atoms with Crippen molar-refractivity contribution in [2.45, 2.75) is 51.5 Å². The van der Waals surface area contributed by atoms with Gasteiger partial charge in [0, 0.05) is 45.1 Å². The van der Waals surface area contributed by atoms with Gasteiger partial charge in [0.2, 0.25) is 0 Å². The third-order valence-electron chi connectivity index (χ3n) is 7.08. The molecule has 168 valence electrons. The Morgan fingerprint density at radius 3 is 2.34 bits per heavy atom. The van der Waals surface area contributed by atoms with Crippen LogP contribution in [-0.4, -0.2) is 40.9 Å². The van der Waals surface area contributed by atoms with Gasteiger partial charge in [0.1, 0.15) is 6.54 Å². The zero-order chi connectivity index (χ0) is 21.7. The molecular formula is C28H34BrN3. The number of nitriles is 1. The van der Waals surface area contributed by atoms with Crippen LogP contribution >= 0.6 is 0 Å². The van der Waals surface area contributed by atoms with Gasteiger partial charge < -0.3 is 21.9 Å². The largest absolute Gasteiger partial charge is 1.00 e. The van der Waals surface area contributed by atoms with Crippen molar-refractivity contribution >= 4 is 6.21 Å². The van der Waals surface area contributed by atoms with Crippen LogP contribution in [0.4, 0.5) is 0 Å². The highest BCUT2D eigenvalue weighted by atomic mass is 79.9. The fourth-order valence-corrected chi connectivity index (χ4v) is 5.10. The second-order valence-electron chi connectivity index (χ2n) is 9.44. The maximum atomic E-state index is 9.14. The molecule has 2 aliphatic heterocycles. The van der Waals surface area contributed by atoms with Gasteiger partial charge in [-0.3, -0.25) is 0 Å². The number of hydrogen-bond acceptors (Lipinski definition) is 2. The van der Waals surface area contributed by atoms with E-state index in [1.165, 1.54) is 42.8 Å². The molecule has 0 aromatic heterocycles. The summed E-state index contributed by atoms with van der Waals surface area (Å²) in [5, 5.41) is 9.14. The van der Waals surface area contributed by atoms with E-state index in [2.05, 4.69) is 84.1 Å². The molecule has 0 bridgehead atoms. The average molecular weight is 493 g/mol. The number of nitrogens with zero attached hydrogens (tertiary/aromatic N) is 3. The van der Waals surface area contributed by atoms with Gasteiger partial charge in [0.05, 0.1) is 17.6 Å². The Labute approximate surface area is 203 Å². The first-order valence-corrected chi connectivity index (χ1v) is 11.7. The molecule has 2 aromatic carbocycles. The molecule has 3 nitrogen and oxygen atoms in total. The quantitative estimate of drug-likeness (QED) is 0.555. The summed E-state index contributed by atoms with van der Waals surface area (Å²) >= 11 is 0. The molecule has 2 aromatic rings. The molecule has 32 heavy (non-hydrogen) atoms. The molecule has 2 aliphatic rings. The fourth-order valence-electron chi connectivity index (χ4n) is 5.10. The van der Waals surface area contributed by atoms with E-state index in [1.54, 1.807) is 0 Å². The van der Waals surface area contributed by atoms with Gasteiger partial charge in [-0.1, -0.05) is 42.5 Å². The summed E-state index contributed by atoms with van der Waals surface area (Å²) in [6, 6.07) is 21.2. The van der Waals surface area contributed by atoms with Crippen LogP contribution in [0.25, 0.3) is 0 Å². The van der Waals surface area contributed by atoms with Crippen LogP contribution < -0.4 is 17.0 Å². The maximum absolute atomic E-state index is 9.14. The molecule has 4 rings (SSSR count). The van der Waals surface area contributed by atoms with E-state index in [9.17, 15) is 0 Å². The molecule has 0 saturated carbocycles. The first-order valence-electron chi connectivity index (χ1n) is 11.7. The molecule has 1 atom stereocenters. The summed E-state index contributed by atoms with van der Waals surface area (Å²) < 4.78 is 2.56. The Hall–Kier alpha value is -2.38. The highest BCUT2D eigenvalue weighted by Crippen LogP contribution is 2.36. The van der Waals surface area contributed by atoms with Gasteiger partial charge in [-0.15, -0.1) is 0 Å². The van der Waals surface area contributed by atoms with E-state index in [-0.39, 0.29) is 22.5 Å². The van der Waals surface area contributed by atoms with Gasteiger partial charge in [-0.25, -0.2) is 4.58 Å². The minimum atomic E-state index is 0. The summed E-state index contributed by atoms with van der Waals surface area (Å²) in [6.45, 7) is 8.23. The number of allylic oxidation sites excluding steroid dienone is 1. The first kappa shape index (κ1) is 24.3. The number of rotatable bonds is 7. The lowest BCUT2D eigenvalue weighted by Crippen LogP contribution is -3.00. The molecule has 0 N–H and O–H groups in total. The molecule has 0 aliphatic carbocycles. The Bertz CT molecular complexity index is 978. The van der Waals surface area contributed by atoms with Gasteiger partial charge in [-0.05, 0) is 48.9 Å². The topological polar surface area (TPSA) is 30.0 Å². The third kappa shape index (κ3) is 5.51. The minimum Gasteiger partial charge on any atom is -1.00 e. The lowest BCUT2D eigenvalue weighted by Gasteiger charge is -2.39. The third-order valence-corrected chi connectivity index (χ3v) is 7.08. The van der Waals surface area contributed by atoms with Crippen LogP contribution in [0.15, 0.2) is 66.4 Å². The summed E-state index contributed by atoms with van der Waals surface area (Å²) in [5.41, 5.74) is 4.99. The number of halogens is 1. The Morgan fingerprint density at radius 2 is 1.69 bits per heavy atom. The summed E-state index contributed by atoms with van der Waals surface area (Å²) in [7, 11) is 0. The van der Waals surface area contributed by atoms with Crippen LogP contribution in [0.5, 0.6) is 0 Å². The van der Waals surface area contributed by atoms with Crippen LogP contribution in [0.3, 0.4) is 0 Å². The molecular weight excluding hydrogens is 458 g/mol. The van der Waals surface area contributed by atoms with Crippen molar-refractivity contribution in [2.24, 2.45) is 5.92 Å². The van der Waals surface area contributed by atoms with Crippen molar-refractivity contribution in [3.05, 3.63) is 83.1 Å². The van der Waals surface area contributed by atoms with E-state index in [4.69, 9.17) is 5.26 Å². The smallest absolute Gasteiger partial charge is 0.165 e. The predicted molar refractivity (Wildman–Crippen MR) is 127 cm³/mol. The van der Waals surface area contributed by atoms with E-state index in [1.807, 2.05) is 12.1 Å². The predicted octanol–water partition coefficient (Wildman–Crippen LogP) is 2.21. The Kier molecular flexibility index (Phi) is 8.32. The van der Waals surface area contributed by atoms with E-state index < -0.39 is 0 Å². The summed E-state index contributed by atoms with van der Waals surface area (Å²) in [4.78, 5) is 2.61. The number of likely N-dealkylation sites (tertiary alicyclic amines) is 1. The molecule has 0 radical (unpaired) electrons. The van der Waals surface area contributed by atoms with Crippen LogP contribution in [0, 0.1) is 17.2 Å². The fraction of sp³-hybridized carbons (Fsp3) is 0.429. The Balaban J connectivity index is 0.00000289. The van der Waals surface area contributed by atoms with Gasteiger partial charge in [0.15, 0.2) is 11.8 Å². The van der Waals surface area contributed by atoms with Gasteiger partial charge >= 0.3 is 0 Å². The summed E-state index contributed by atoms with van der Waals surface area (Å²) in [5.74, 6) is 0.431. The van der Waals surface area contributed by atoms with Crippen molar-refractivity contribution < 1.29 is 21.6 Å². The maximum Gasteiger partial charge on any atom is 0.165 e. The first-order chi connectivity index (χ1) is 15.1. The molecule has 0 spiro atoms. The standard InChI is InChI=1S/C28H34N3.BrH/c1-28(2)26(21-24-12-14-25(22-29)15-13-24)27(30-17-6-7-18-30)16-20-31(28)19-8-11-23-9-4-3-5-10-23;/h3-5,9-10,12-16,20,26H,6-8,11,17-19,21H2,1-2H3;1H/q+1;/p-1. The van der Waals surface area contributed by atoms with Crippen LogP contribution in [-0.2, 0) is 12.8 Å². The van der Waals surface area contributed by atoms with Gasteiger partial charge in [0.25, 0.3) is 0 Å². The number of aryl methyl sites for hydroxylation is 1. The second-order valence-corrected chi connectivity index (χ2v) is 9.44. The van der Waals surface area contributed by atoms with E-state index >= 15 is 0 Å². The molecule has 1 fully saturated rings. The van der Waals surface area contributed by atoms with Crippen molar-refractivity contribution in [1.82, 2.24) is 4.90 Å².